The average Bonchev–Trinajstić information content (AvgIpc) is 3.71. The third-order valence-electron chi connectivity index (χ3n) is 9.40. The predicted octanol–water partition coefficient (Wildman–Crippen LogP) is 6.28. The van der Waals surface area contributed by atoms with Gasteiger partial charge in [0.25, 0.3) is 5.91 Å². The highest BCUT2D eigenvalue weighted by Crippen LogP contribution is 2.44. The van der Waals surface area contributed by atoms with Gasteiger partial charge < -0.3 is 29.8 Å². The van der Waals surface area contributed by atoms with E-state index in [0.717, 1.165) is 54.8 Å². The van der Waals surface area contributed by atoms with E-state index in [1.165, 1.54) is 11.6 Å². The monoisotopic (exact) mass is 699 g/mol. The molecule has 4 aromatic rings. The number of nitrogens with one attached hydrogen (secondary N) is 2. The molecule has 0 spiro atoms. The van der Waals surface area contributed by atoms with Gasteiger partial charge in [0.1, 0.15) is 11.3 Å². The second-order valence-electron chi connectivity index (χ2n) is 12.6. The van der Waals surface area contributed by atoms with Gasteiger partial charge >= 0.3 is 11.9 Å². The van der Waals surface area contributed by atoms with Crippen LogP contribution in [0.3, 0.4) is 0 Å². The van der Waals surface area contributed by atoms with Gasteiger partial charge in [0, 0.05) is 59.3 Å². The summed E-state index contributed by atoms with van der Waals surface area (Å²) in [4.78, 5) is 59.0. The molecule has 2 amide bonds. The van der Waals surface area contributed by atoms with Gasteiger partial charge in [-0.1, -0.05) is 30.5 Å². The number of hydrogen-bond acceptors (Lipinski definition) is 8. The van der Waals surface area contributed by atoms with Gasteiger partial charge in [-0.3, -0.25) is 9.59 Å². The molecule has 0 atom stereocenters. The zero-order chi connectivity index (χ0) is 35.4. The predicted molar refractivity (Wildman–Crippen MR) is 188 cm³/mol. The lowest BCUT2D eigenvalue weighted by atomic mass is 9.75. The summed E-state index contributed by atoms with van der Waals surface area (Å²) < 4.78 is 12.4. The third kappa shape index (κ3) is 7.20. The lowest BCUT2D eigenvalue weighted by Gasteiger charge is -2.40. The van der Waals surface area contributed by atoms with Crippen molar-refractivity contribution in [2.45, 2.75) is 63.3 Å². The van der Waals surface area contributed by atoms with E-state index < -0.39 is 24.1 Å². The number of benzene rings is 2. The van der Waals surface area contributed by atoms with Crippen LogP contribution in [0.15, 0.2) is 54.9 Å². The summed E-state index contributed by atoms with van der Waals surface area (Å²) in [6.45, 7) is 1.38. The zero-order valence-electron chi connectivity index (χ0n) is 27.8. The van der Waals surface area contributed by atoms with E-state index >= 15 is 0 Å². The van der Waals surface area contributed by atoms with Gasteiger partial charge in [0.05, 0.1) is 17.3 Å². The van der Waals surface area contributed by atoms with Gasteiger partial charge in [0.2, 0.25) is 5.91 Å². The Morgan fingerprint density at radius 3 is 2.46 bits per heavy atom. The van der Waals surface area contributed by atoms with Gasteiger partial charge in [0.15, 0.2) is 12.4 Å². The highest BCUT2D eigenvalue weighted by atomic mass is 35.5. The molecule has 2 saturated carbocycles. The van der Waals surface area contributed by atoms with Crippen LogP contribution in [-0.2, 0) is 26.2 Å². The number of carboxylic acid groups (broad SMARTS) is 1. The SMILES string of the molecule is CCOc1cc(NC(=O)C2(NC(=O)c3ccc4c(C5CCCC5)c(-c5ncc(Cl)cn5)n(C)c4c3)CCC2)ccc1/C=C/C(=O)OCC(=O)O. The second-order valence-corrected chi connectivity index (χ2v) is 13.1. The van der Waals surface area contributed by atoms with Crippen molar-refractivity contribution in [3.8, 4) is 17.3 Å². The quantitative estimate of drug-likeness (QED) is 0.114. The van der Waals surface area contributed by atoms with Crippen molar-refractivity contribution in [3.05, 3.63) is 76.6 Å². The molecule has 2 heterocycles. The molecule has 2 aliphatic rings. The fourth-order valence-electron chi connectivity index (χ4n) is 6.79. The molecule has 2 fully saturated rings. The molecule has 50 heavy (non-hydrogen) atoms. The molecule has 0 bridgehead atoms. The number of ether oxygens (including phenoxy) is 2. The van der Waals surface area contributed by atoms with Crippen LogP contribution in [0, 0.1) is 0 Å². The maximum atomic E-state index is 13.8. The van der Waals surface area contributed by atoms with Crippen molar-refractivity contribution in [1.82, 2.24) is 19.9 Å². The molecular formula is C37H38ClN5O7. The minimum absolute atomic E-state index is 0.323. The molecule has 3 N–H and O–H groups in total. The largest absolute Gasteiger partial charge is 0.493 e. The molecule has 2 aromatic carbocycles. The van der Waals surface area contributed by atoms with Crippen LogP contribution in [-0.4, -0.2) is 62.1 Å². The van der Waals surface area contributed by atoms with Crippen LogP contribution in [0.2, 0.25) is 5.02 Å². The number of carbonyl (C=O) groups is 4. The maximum Gasteiger partial charge on any atom is 0.341 e. The molecule has 0 radical (unpaired) electrons. The van der Waals surface area contributed by atoms with Crippen molar-refractivity contribution in [1.29, 1.82) is 0 Å². The molecule has 6 rings (SSSR count). The maximum absolute atomic E-state index is 13.8. The molecule has 2 aromatic heterocycles. The van der Waals surface area contributed by atoms with Crippen molar-refractivity contribution in [2.75, 3.05) is 18.5 Å². The number of aliphatic carboxylic acids is 1. The Hall–Kier alpha value is -5.23. The van der Waals surface area contributed by atoms with Gasteiger partial charge in [-0.15, -0.1) is 0 Å². The summed E-state index contributed by atoms with van der Waals surface area (Å²) in [6.07, 6.45) is 12.0. The fraction of sp³-hybridized carbons (Fsp3) is 0.351. The van der Waals surface area contributed by atoms with Crippen LogP contribution >= 0.6 is 11.6 Å². The molecule has 260 valence electrons. The van der Waals surface area contributed by atoms with E-state index in [4.69, 9.17) is 21.4 Å². The smallest absolute Gasteiger partial charge is 0.341 e. The Kier molecular flexibility index (Phi) is 10.2. The number of hydrogen-bond donors (Lipinski definition) is 3. The van der Waals surface area contributed by atoms with Crippen LogP contribution in [0.1, 0.15) is 79.3 Å². The Balaban J connectivity index is 1.22. The lowest BCUT2D eigenvalue weighted by molar-refractivity contribution is -0.151. The summed E-state index contributed by atoms with van der Waals surface area (Å²) in [6, 6.07) is 10.6. The Bertz CT molecular complexity index is 1980. The molecule has 0 saturated heterocycles. The standard InChI is InChI=1S/C37H38ClN5O7/c1-3-49-29-18-26(12-9-22(29)11-14-31(46)50-21-30(44)45)41-36(48)37(15-6-16-37)42-35(47)24-10-13-27-28(17-24)43(2)33(32(27)23-7-4-5-8-23)34-39-19-25(38)20-40-34/h9-14,17-20,23H,3-8,15-16,21H2,1-2H3,(H,41,48)(H,42,47)(H,44,45)/b14-11+. The number of carbonyl (C=O) groups excluding carboxylic acids is 3. The number of esters is 1. The number of amides is 2. The van der Waals surface area contributed by atoms with Crippen molar-refractivity contribution < 1.29 is 33.8 Å². The minimum Gasteiger partial charge on any atom is -0.493 e. The first-order chi connectivity index (χ1) is 24.1. The normalized spacial score (nSPS) is 15.5. The van der Waals surface area contributed by atoms with Crippen LogP contribution in [0.4, 0.5) is 5.69 Å². The van der Waals surface area contributed by atoms with E-state index in [0.29, 0.717) is 58.8 Å². The summed E-state index contributed by atoms with van der Waals surface area (Å²) in [7, 11) is 1.96. The fourth-order valence-corrected chi connectivity index (χ4v) is 6.89. The summed E-state index contributed by atoms with van der Waals surface area (Å²) in [5.41, 5.74) is 3.32. The lowest BCUT2D eigenvalue weighted by Crippen LogP contribution is -2.61. The summed E-state index contributed by atoms with van der Waals surface area (Å²) in [5.74, 6) is -1.41. The number of aryl methyl sites for hydroxylation is 1. The highest BCUT2D eigenvalue weighted by molar-refractivity contribution is 6.30. The first-order valence-corrected chi connectivity index (χ1v) is 17.0. The Labute approximate surface area is 293 Å². The van der Waals surface area contributed by atoms with Gasteiger partial charge in [-0.05, 0) is 80.9 Å². The van der Waals surface area contributed by atoms with E-state index in [9.17, 15) is 19.2 Å². The van der Waals surface area contributed by atoms with Crippen LogP contribution < -0.4 is 15.4 Å². The van der Waals surface area contributed by atoms with E-state index in [1.807, 2.05) is 29.8 Å². The number of halogens is 1. The number of fused-ring (bicyclic) bond motifs is 1. The molecule has 13 heteroatoms. The van der Waals surface area contributed by atoms with E-state index in [-0.39, 0.29) is 11.8 Å². The van der Waals surface area contributed by atoms with E-state index in [2.05, 4.69) is 25.3 Å². The number of carboxylic acids is 1. The second kappa shape index (κ2) is 14.7. The van der Waals surface area contributed by atoms with Crippen molar-refractivity contribution in [2.24, 2.45) is 7.05 Å². The number of rotatable bonds is 12. The van der Waals surface area contributed by atoms with Crippen molar-refractivity contribution in [3.63, 3.8) is 0 Å². The zero-order valence-corrected chi connectivity index (χ0v) is 28.6. The highest BCUT2D eigenvalue weighted by Gasteiger charge is 2.45. The summed E-state index contributed by atoms with van der Waals surface area (Å²) >= 11 is 6.10. The average molecular weight is 700 g/mol. The Morgan fingerprint density at radius 1 is 1.06 bits per heavy atom. The van der Waals surface area contributed by atoms with Gasteiger partial charge in [-0.2, -0.15) is 0 Å². The molecule has 0 unspecified atom stereocenters. The van der Waals surface area contributed by atoms with Crippen LogP contribution in [0.25, 0.3) is 28.5 Å². The minimum atomic E-state index is -1.26. The summed E-state index contributed by atoms with van der Waals surface area (Å²) in [5, 5.41) is 16.2. The Morgan fingerprint density at radius 2 is 1.80 bits per heavy atom. The van der Waals surface area contributed by atoms with Crippen LogP contribution in [0.5, 0.6) is 5.75 Å². The molecular weight excluding hydrogens is 662 g/mol. The van der Waals surface area contributed by atoms with Gasteiger partial charge in [-0.25, -0.2) is 19.6 Å². The number of nitrogens with zero attached hydrogens (tertiary/aromatic N) is 3. The first kappa shape index (κ1) is 34.6. The van der Waals surface area contributed by atoms with E-state index in [1.54, 1.807) is 37.5 Å². The number of aromatic nitrogens is 3. The third-order valence-corrected chi connectivity index (χ3v) is 9.60. The molecule has 0 aliphatic heterocycles. The topological polar surface area (TPSA) is 162 Å². The van der Waals surface area contributed by atoms with Crippen molar-refractivity contribution >= 4 is 58.0 Å². The molecule has 12 nitrogen and oxygen atoms in total. The number of anilines is 1. The first-order valence-electron chi connectivity index (χ1n) is 16.7. The molecule has 2 aliphatic carbocycles.